The molecule has 318 valence electrons. The van der Waals surface area contributed by atoms with Gasteiger partial charge in [0.25, 0.3) is 0 Å². The molecule has 5 aromatic rings. The zero-order chi connectivity index (χ0) is 43.7. The third-order valence-corrected chi connectivity index (χ3v) is 12.8. The number of imide groups is 1. The lowest BCUT2D eigenvalue weighted by molar-refractivity contribution is -0.179. The van der Waals surface area contributed by atoms with Crippen molar-refractivity contribution in [2.75, 3.05) is 18.1 Å². The summed E-state index contributed by atoms with van der Waals surface area (Å²) in [5.74, 6) is 2.00. The maximum Gasteiger partial charge on any atom is 0.329 e. The Morgan fingerprint density at radius 3 is 2.22 bits per heavy atom. The van der Waals surface area contributed by atoms with Gasteiger partial charge in [0, 0.05) is 11.1 Å². The third-order valence-electron chi connectivity index (χ3n) is 12.8. The number of carboxylic acids is 1. The fourth-order valence-corrected chi connectivity index (χ4v) is 10.1. The first-order chi connectivity index (χ1) is 30.7. The molecule has 5 aromatic carbocycles. The van der Waals surface area contributed by atoms with Crippen LogP contribution in [-0.4, -0.2) is 58.2 Å². The van der Waals surface area contributed by atoms with E-state index >= 15 is 4.79 Å². The van der Waals surface area contributed by atoms with Gasteiger partial charge in [0.1, 0.15) is 35.8 Å². The summed E-state index contributed by atoms with van der Waals surface area (Å²) in [5.41, 5.74) is 2.33. The Morgan fingerprint density at radius 1 is 0.857 bits per heavy atom. The van der Waals surface area contributed by atoms with Crippen molar-refractivity contribution >= 4 is 29.6 Å². The average molecular weight is 842 g/mol. The van der Waals surface area contributed by atoms with Gasteiger partial charge in [-0.3, -0.25) is 19.3 Å². The van der Waals surface area contributed by atoms with Crippen LogP contribution in [0.15, 0.2) is 145 Å². The molecule has 0 saturated carbocycles. The van der Waals surface area contributed by atoms with Gasteiger partial charge in [-0.1, -0.05) is 127 Å². The monoisotopic (exact) mass is 841 g/mol. The number of aliphatic carboxylic acids is 1. The second-order valence-corrected chi connectivity index (χ2v) is 16.4. The largest absolute Gasteiger partial charge is 0.491 e. The quantitative estimate of drug-likeness (QED) is 0.0990. The number of carbonyl (C=O) groups is 4. The molecule has 11 nitrogen and oxygen atoms in total. The van der Waals surface area contributed by atoms with E-state index < -0.39 is 65.5 Å². The summed E-state index contributed by atoms with van der Waals surface area (Å²) in [4.78, 5) is 63.3. The highest BCUT2D eigenvalue weighted by Gasteiger charge is 2.76. The Labute approximate surface area is 366 Å². The molecular formula is C52H47N3O8. The number of fused-ring (bicyclic) bond motifs is 3. The van der Waals surface area contributed by atoms with Crippen LogP contribution in [-0.2, 0) is 24.5 Å². The maximum absolute atomic E-state index is 16.2. The minimum Gasteiger partial charge on any atom is -0.491 e. The molecule has 3 aliphatic heterocycles. The number of cyclic esters (lactones) is 1. The van der Waals surface area contributed by atoms with Gasteiger partial charge >= 0.3 is 18.0 Å². The van der Waals surface area contributed by atoms with E-state index in [0.29, 0.717) is 22.3 Å². The van der Waals surface area contributed by atoms with E-state index in [4.69, 9.17) is 9.47 Å². The minimum absolute atomic E-state index is 0.106. The molecule has 1 aliphatic carbocycles. The lowest BCUT2D eigenvalue weighted by atomic mass is 9.65. The molecule has 2 fully saturated rings. The highest BCUT2D eigenvalue weighted by molar-refractivity contribution is 6.24. The van der Waals surface area contributed by atoms with Gasteiger partial charge < -0.3 is 25.0 Å². The van der Waals surface area contributed by atoms with Crippen molar-refractivity contribution in [1.29, 1.82) is 0 Å². The number of urea groups is 1. The average Bonchev–Trinajstić information content (AvgIpc) is 3.77. The number of rotatable bonds is 9. The summed E-state index contributed by atoms with van der Waals surface area (Å²) in [6, 6.07) is 35.1. The van der Waals surface area contributed by atoms with E-state index in [1.54, 1.807) is 49.4 Å². The minimum atomic E-state index is -2.16. The molecule has 11 heteroatoms. The molecule has 3 heterocycles. The molecule has 3 N–H and O–H groups in total. The number of ether oxygens (including phenoxy) is 2. The molecule has 3 amide bonds. The molecule has 0 aromatic heterocycles. The number of carbonyl (C=O) groups excluding carboxylic acids is 3. The van der Waals surface area contributed by atoms with Crippen LogP contribution < -0.4 is 15.0 Å². The van der Waals surface area contributed by atoms with Crippen LogP contribution >= 0.6 is 0 Å². The number of aliphatic hydroxyl groups excluding tert-OH is 1. The second kappa shape index (κ2) is 17.4. The molecule has 2 saturated heterocycles. The van der Waals surface area contributed by atoms with Crippen molar-refractivity contribution in [1.82, 2.24) is 10.2 Å². The highest BCUT2D eigenvalue weighted by Crippen LogP contribution is 2.66. The van der Waals surface area contributed by atoms with Crippen LogP contribution in [0.25, 0.3) is 0 Å². The van der Waals surface area contributed by atoms with E-state index in [-0.39, 0.29) is 30.2 Å². The lowest BCUT2D eigenvalue weighted by Gasteiger charge is -2.46. The van der Waals surface area contributed by atoms with Crippen molar-refractivity contribution in [3.63, 3.8) is 0 Å². The molecule has 4 aliphatic rings. The number of benzene rings is 5. The first-order valence-electron chi connectivity index (χ1n) is 21.4. The summed E-state index contributed by atoms with van der Waals surface area (Å²) in [6.45, 7) is 1.38. The normalized spacial score (nSPS) is 24.3. The number of hydrogen-bond acceptors (Lipinski definition) is 8. The van der Waals surface area contributed by atoms with E-state index in [2.05, 4.69) is 23.2 Å². The smallest absolute Gasteiger partial charge is 0.329 e. The van der Waals surface area contributed by atoms with Crippen molar-refractivity contribution in [2.24, 2.45) is 5.92 Å². The van der Waals surface area contributed by atoms with Crippen LogP contribution in [0.4, 0.5) is 10.5 Å². The zero-order valence-corrected chi connectivity index (χ0v) is 34.7. The Bertz CT molecular complexity index is 2640. The van der Waals surface area contributed by atoms with E-state index in [1.807, 2.05) is 95.9 Å². The van der Waals surface area contributed by atoms with Crippen LogP contribution in [0.3, 0.4) is 0 Å². The van der Waals surface area contributed by atoms with Crippen molar-refractivity contribution < 1.29 is 38.9 Å². The lowest BCUT2D eigenvalue weighted by Crippen LogP contribution is -2.54. The van der Waals surface area contributed by atoms with Crippen LogP contribution in [0.5, 0.6) is 5.75 Å². The van der Waals surface area contributed by atoms with Crippen molar-refractivity contribution in [3.8, 4) is 17.6 Å². The number of amides is 3. The number of nitrogens with one attached hydrogen (secondary N) is 1. The zero-order valence-electron chi connectivity index (χ0n) is 34.7. The predicted molar refractivity (Wildman–Crippen MR) is 235 cm³/mol. The Kier molecular flexibility index (Phi) is 11.4. The number of para-hydroxylation sites is 1. The third kappa shape index (κ3) is 7.25. The molecule has 1 spiro atoms. The van der Waals surface area contributed by atoms with Gasteiger partial charge in [0.15, 0.2) is 0 Å². The standard InChI is InChI=1S/C52H47N3O8/c1-33(36-18-8-3-9-19-36)53-51(61)54-41-29-28-35(27-26-34-16-6-2-7-17-34)32-40(41)52(50(54)60)43(48(57)58)45-49(59)63-46(38-22-12-5-13-23-38)44(37-20-10-4-11-21-37)55(45)47(52)39-24-14-15-25-42(39)62-31-30-56/h3-5,8-16,18-25,28-29,32-33,43-47,56H,2,6-7,17,30-31H2,1H3,(H,53,61)(H,57,58)/t33-,43+,44+,45+,46-,47-,52+/m1/s1. The molecular weight excluding hydrogens is 795 g/mol. The van der Waals surface area contributed by atoms with Crippen molar-refractivity contribution in [2.45, 2.75) is 68.3 Å². The first kappa shape index (κ1) is 41.4. The van der Waals surface area contributed by atoms with E-state index in [0.717, 1.165) is 41.7 Å². The molecule has 63 heavy (non-hydrogen) atoms. The van der Waals surface area contributed by atoms with Gasteiger partial charge in [0.2, 0.25) is 5.91 Å². The van der Waals surface area contributed by atoms with Gasteiger partial charge in [-0.05, 0) is 84.7 Å². The number of hydrogen-bond donors (Lipinski definition) is 3. The maximum atomic E-state index is 16.2. The number of carboxylic acid groups (broad SMARTS) is 1. The number of nitrogens with zero attached hydrogens (tertiary/aromatic N) is 2. The molecule has 7 atom stereocenters. The van der Waals surface area contributed by atoms with Gasteiger partial charge in [-0.15, -0.1) is 0 Å². The number of anilines is 1. The Hall–Kier alpha value is -7.00. The molecule has 9 rings (SSSR count). The highest BCUT2D eigenvalue weighted by atomic mass is 16.6. The first-order valence-corrected chi connectivity index (χ1v) is 21.4. The Morgan fingerprint density at radius 2 is 1.54 bits per heavy atom. The van der Waals surface area contributed by atoms with Crippen LogP contribution in [0.2, 0.25) is 0 Å². The van der Waals surface area contributed by atoms with E-state index in [1.165, 1.54) is 0 Å². The molecule has 0 unspecified atom stereocenters. The number of morpholine rings is 1. The summed E-state index contributed by atoms with van der Waals surface area (Å²) >= 11 is 0. The van der Waals surface area contributed by atoms with Crippen molar-refractivity contribution in [3.05, 3.63) is 178 Å². The van der Waals surface area contributed by atoms with E-state index in [9.17, 15) is 24.6 Å². The topological polar surface area (TPSA) is 146 Å². The predicted octanol–water partition coefficient (Wildman–Crippen LogP) is 8.13. The summed E-state index contributed by atoms with van der Waals surface area (Å²) in [5, 5.41) is 24.7. The fourth-order valence-electron chi connectivity index (χ4n) is 10.1. The summed E-state index contributed by atoms with van der Waals surface area (Å²) in [6.07, 6.45) is 5.06. The SMILES string of the molecule is C[C@@H](NC(=O)N1C(=O)[C@@]2(c3cc(C#CC4=CCCCC4)ccc31)[C@H](C(=O)O)[C@H]1C(=O)O[C@H](c3ccccc3)[C@H](c3ccccc3)N1[C@@H]2c1ccccc1OCCO)c1ccccc1. The number of allylic oxidation sites excluding steroid dienone is 2. The number of aliphatic hydroxyl groups is 1. The summed E-state index contributed by atoms with van der Waals surface area (Å²) in [7, 11) is 0. The molecule has 0 bridgehead atoms. The van der Waals surface area contributed by atoms with Crippen LogP contribution in [0.1, 0.15) is 90.2 Å². The fraction of sp³-hybridized carbons (Fsp3) is 0.269. The van der Waals surface area contributed by atoms with Gasteiger partial charge in [-0.25, -0.2) is 9.69 Å². The molecule has 0 radical (unpaired) electrons. The van der Waals surface area contributed by atoms with Gasteiger partial charge in [-0.2, -0.15) is 0 Å². The van der Waals surface area contributed by atoms with Crippen LogP contribution in [0, 0.1) is 17.8 Å². The Balaban J connectivity index is 1.33. The summed E-state index contributed by atoms with van der Waals surface area (Å²) < 4.78 is 12.6. The second-order valence-electron chi connectivity index (χ2n) is 16.4. The van der Waals surface area contributed by atoms with Gasteiger partial charge in [0.05, 0.1) is 30.4 Å². The number of esters is 1.